The molecule has 0 unspecified atom stereocenters. The molecule has 4 heteroatoms. The fourth-order valence-electron chi connectivity index (χ4n) is 0. The molecule has 0 aromatic rings. The predicted octanol–water partition coefficient (Wildman–Crippen LogP) is -0.00500. The first kappa shape index (κ1) is 24.7. The van der Waals surface area contributed by atoms with Crippen molar-refractivity contribution in [1.82, 2.24) is 0 Å². The van der Waals surface area contributed by atoms with Crippen molar-refractivity contribution in [1.29, 1.82) is 0 Å². The summed E-state index contributed by atoms with van der Waals surface area (Å²) < 4.78 is 0. The maximum atomic E-state index is 0. The molecule has 0 atom stereocenters. The van der Waals surface area contributed by atoms with E-state index in [9.17, 15) is 0 Å². The minimum absolute atomic E-state index is 0. The molecule has 0 nitrogen and oxygen atoms in total. The van der Waals surface area contributed by atoms with Crippen molar-refractivity contribution in [3.63, 3.8) is 0 Å². The van der Waals surface area contributed by atoms with Crippen LogP contribution in [0.3, 0.4) is 0 Å². The summed E-state index contributed by atoms with van der Waals surface area (Å²) in [5.41, 5.74) is 0. The second-order valence-corrected chi connectivity index (χ2v) is 0. The maximum absolute atomic E-state index is 0. The van der Waals surface area contributed by atoms with Gasteiger partial charge >= 0.3 is 0 Å². The normalized spacial score (nSPS) is 0. The van der Waals surface area contributed by atoms with Gasteiger partial charge < -0.3 is 0 Å². The molecule has 0 aromatic heterocycles. The Morgan fingerprint density at radius 2 is 1.00 bits per heavy atom. The van der Waals surface area contributed by atoms with Crippen LogP contribution in [-0.2, 0) is 35.0 Å². The van der Waals surface area contributed by atoms with Crippen LogP contribution in [0.5, 0.6) is 0 Å². The van der Waals surface area contributed by atoms with Gasteiger partial charge in [-0.2, -0.15) is 0 Å². The van der Waals surface area contributed by atoms with Gasteiger partial charge in [-0.15, -0.1) is 0 Å². The van der Waals surface area contributed by atoms with Crippen LogP contribution in [0.2, 0.25) is 0 Å². The van der Waals surface area contributed by atoms with Crippen molar-refractivity contribution in [3.05, 3.63) is 0 Å². The minimum atomic E-state index is 0. The molecule has 0 heterocycles. The molecule has 0 saturated heterocycles. The van der Waals surface area contributed by atoms with E-state index in [1.54, 1.807) is 0 Å². The van der Waals surface area contributed by atoms with E-state index in [2.05, 4.69) is 0 Å². The Bertz CT molecular complexity index is 8.00. The van der Waals surface area contributed by atoms with Crippen molar-refractivity contribution < 1.29 is 122 Å². The van der Waals surface area contributed by atoms with Crippen LogP contribution in [0, 0.1) is 86.7 Å². The fraction of sp³-hybridized carbons (Fsp3) is 0. The molecule has 0 aliphatic carbocycles. The van der Waals surface area contributed by atoms with E-state index in [0.29, 0.717) is 0 Å². The van der Waals surface area contributed by atoms with Gasteiger partial charge in [-0.3, -0.25) is 0 Å². The summed E-state index contributed by atoms with van der Waals surface area (Å²) in [4.78, 5) is 0. The van der Waals surface area contributed by atoms with E-state index >= 15 is 0 Å². The summed E-state index contributed by atoms with van der Waals surface area (Å²) in [5.74, 6) is 0. The van der Waals surface area contributed by atoms with Gasteiger partial charge in [-0.25, -0.2) is 0 Å². The SMILES string of the molecule is [Er].[Eu].[Ni].[V]. The van der Waals surface area contributed by atoms with Crippen LogP contribution in [-0.4, -0.2) is 0 Å². The standard InChI is InChI=1S/Er.Eu.Ni.V. The molecule has 2 radical (unpaired) electrons. The molecule has 4 heavy (non-hydrogen) atoms. The van der Waals surface area contributed by atoms with Crippen molar-refractivity contribution in [2.24, 2.45) is 0 Å². The summed E-state index contributed by atoms with van der Waals surface area (Å²) in [6.45, 7) is 0. The topological polar surface area (TPSA) is 0 Å². The average molecular weight is 429 g/mol. The van der Waals surface area contributed by atoms with Crippen LogP contribution in [0.15, 0.2) is 0 Å². The molecule has 0 fully saturated rings. The zero-order valence-electron chi connectivity index (χ0n) is 1.43. The van der Waals surface area contributed by atoms with E-state index in [1.165, 1.54) is 0 Å². The van der Waals surface area contributed by atoms with Crippen LogP contribution in [0.1, 0.15) is 0 Å². The average Bonchev–Trinajstić information content (AvgIpc) is 0. The first-order valence-corrected chi connectivity index (χ1v) is 0. The number of hydrogen-bond donors (Lipinski definition) is 0. The summed E-state index contributed by atoms with van der Waals surface area (Å²) in [6, 6.07) is 0. The maximum Gasteiger partial charge on any atom is 0 e. The summed E-state index contributed by atoms with van der Waals surface area (Å²) in [5, 5.41) is 0. The van der Waals surface area contributed by atoms with Crippen molar-refractivity contribution in [3.8, 4) is 0 Å². The Hall–Kier alpha value is 3.91. The van der Waals surface area contributed by atoms with Gasteiger partial charge in [0.25, 0.3) is 0 Å². The number of rotatable bonds is 0. The summed E-state index contributed by atoms with van der Waals surface area (Å²) in [7, 11) is 0. The van der Waals surface area contributed by atoms with Crippen molar-refractivity contribution in [2.75, 3.05) is 0 Å². The van der Waals surface area contributed by atoms with Gasteiger partial charge in [-0.05, 0) is 0 Å². The molecule has 0 aliphatic rings. The van der Waals surface area contributed by atoms with Crippen molar-refractivity contribution in [2.45, 2.75) is 0 Å². The third-order valence-corrected chi connectivity index (χ3v) is 0. The van der Waals surface area contributed by atoms with Gasteiger partial charge in [0.2, 0.25) is 0 Å². The Kier molecular flexibility index (Phi) is 97.5. The molecule has 0 rings (SSSR count). The van der Waals surface area contributed by atoms with E-state index < -0.39 is 0 Å². The van der Waals surface area contributed by atoms with Crippen LogP contribution < -0.4 is 0 Å². The van der Waals surface area contributed by atoms with E-state index in [-0.39, 0.29) is 122 Å². The molecule has 34 valence electrons. The molecule has 0 aliphatic heterocycles. The van der Waals surface area contributed by atoms with Crippen LogP contribution in [0.25, 0.3) is 0 Å². The molecule has 0 N–H and O–H groups in total. The van der Waals surface area contributed by atoms with Gasteiger partial charge in [-0.1, -0.05) is 0 Å². The summed E-state index contributed by atoms with van der Waals surface area (Å²) in [6.07, 6.45) is 0. The van der Waals surface area contributed by atoms with Gasteiger partial charge in [0, 0.05) is 122 Å². The Labute approximate surface area is 118 Å². The smallest absolute Gasteiger partial charge is 0 e. The first-order chi connectivity index (χ1) is 0. The molecule has 0 spiro atoms. The van der Waals surface area contributed by atoms with E-state index in [0.717, 1.165) is 0 Å². The third-order valence-electron chi connectivity index (χ3n) is 0. The third kappa shape index (κ3) is 9.32. The van der Waals surface area contributed by atoms with Crippen LogP contribution >= 0.6 is 0 Å². The van der Waals surface area contributed by atoms with Gasteiger partial charge in [0.1, 0.15) is 0 Å². The predicted molar refractivity (Wildman–Crippen MR) is 0 cm³/mol. The fourth-order valence-corrected chi connectivity index (χ4v) is 0. The monoisotopic (exact) mass is 428 g/mol. The van der Waals surface area contributed by atoms with Gasteiger partial charge in [0.05, 0.1) is 0 Å². The second-order valence-electron chi connectivity index (χ2n) is 0. The molecular formula is ErEuNiV. The van der Waals surface area contributed by atoms with E-state index in [4.69, 9.17) is 0 Å². The molecule has 0 bridgehead atoms. The summed E-state index contributed by atoms with van der Waals surface area (Å²) >= 11 is 0. The minimum Gasteiger partial charge on any atom is 0 e. The Morgan fingerprint density at radius 3 is 1.00 bits per heavy atom. The van der Waals surface area contributed by atoms with E-state index in [1.807, 2.05) is 0 Å². The zero-order chi connectivity index (χ0) is 0. The zero-order valence-corrected chi connectivity index (χ0v) is 8.09. The quantitative estimate of drug-likeness (QED) is 0.476. The molecular weight excluding hydrogens is 429 g/mol. The largest absolute Gasteiger partial charge is 0 e. The first-order valence-electron chi connectivity index (χ1n) is 0. The number of hydrogen-bond acceptors (Lipinski definition) is 0. The molecule has 0 saturated carbocycles. The van der Waals surface area contributed by atoms with Gasteiger partial charge in [0.15, 0.2) is 0 Å². The molecule has 0 aromatic carbocycles. The molecule has 0 amide bonds. The Balaban J connectivity index is 0. The van der Waals surface area contributed by atoms with Crippen LogP contribution in [0.4, 0.5) is 0 Å². The second kappa shape index (κ2) is 15.8. The Morgan fingerprint density at radius 1 is 1.00 bits per heavy atom. The van der Waals surface area contributed by atoms with Crippen molar-refractivity contribution >= 4 is 0 Å².